The predicted octanol–water partition coefficient (Wildman–Crippen LogP) is 1.15. The van der Waals surface area contributed by atoms with Gasteiger partial charge in [-0.2, -0.15) is 0 Å². The average molecular weight is 455 g/mol. The summed E-state index contributed by atoms with van der Waals surface area (Å²) in [5.41, 5.74) is 1.90. The second-order valence-electron chi connectivity index (χ2n) is 8.21. The summed E-state index contributed by atoms with van der Waals surface area (Å²) in [7, 11) is 3.70. The largest absolute Gasteiger partial charge is 0.497 e. The zero-order valence-electron chi connectivity index (χ0n) is 19.0. The van der Waals surface area contributed by atoms with E-state index in [9.17, 15) is 9.59 Å². The number of piperazine rings is 1. The molecule has 0 aromatic heterocycles. The Morgan fingerprint density at radius 3 is 2.39 bits per heavy atom. The number of amides is 2. The topological polar surface area (TPSA) is 92.4 Å². The number of carbonyl (C=O) groups excluding carboxylic acids is 2. The predicted molar refractivity (Wildman–Crippen MR) is 122 cm³/mol. The Morgan fingerprint density at radius 2 is 1.67 bits per heavy atom. The summed E-state index contributed by atoms with van der Waals surface area (Å²) in [6, 6.07) is 13.1. The molecular weight excluding hydrogens is 424 g/mol. The molecule has 1 saturated heterocycles. The van der Waals surface area contributed by atoms with Gasteiger partial charge in [-0.3, -0.25) is 14.5 Å². The Hall–Kier alpha value is -3.30. The first-order valence-electron chi connectivity index (χ1n) is 11.0. The highest BCUT2D eigenvalue weighted by Gasteiger charge is 2.27. The minimum absolute atomic E-state index is 0.0773. The molecule has 2 aliphatic rings. The average Bonchev–Trinajstić information content (AvgIpc) is 3.32. The van der Waals surface area contributed by atoms with Gasteiger partial charge in [0, 0.05) is 39.3 Å². The lowest BCUT2D eigenvalue weighted by atomic mass is 10.0. The van der Waals surface area contributed by atoms with Crippen LogP contribution < -0.4 is 24.8 Å². The minimum atomic E-state index is -0.659. The monoisotopic (exact) mass is 454 g/mol. The fourth-order valence-corrected chi connectivity index (χ4v) is 3.99. The van der Waals surface area contributed by atoms with Crippen LogP contribution in [-0.2, 0) is 16.1 Å². The lowest BCUT2D eigenvalue weighted by Crippen LogP contribution is -2.49. The smallest absolute Gasteiger partial charge is 0.309 e. The van der Waals surface area contributed by atoms with E-state index in [0.717, 1.165) is 48.8 Å². The van der Waals surface area contributed by atoms with Gasteiger partial charge in [0.1, 0.15) is 5.75 Å². The summed E-state index contributed by atoms with van der Waals surface area (Å²) in [5.74, 6) is 0.853. The van der Waals surface area contributed by atoms with Crippen LogP contribution in [0.1, 0.15) is 17.2 Å². The first-order chi connectivity index (χ1) is 16.0. The maximum atomic E-state index is 12.5. The Kier molecular flexibility index (Phi) is 7.31. The summed E-state index contributed by atoms with van der Waals surface area (Å²) < 4.78 is 16.1. The zero-order chi connectivity index (χ0) is 23.2. The molecule has 0 bridgehead atoms. The van der Waals surface area contributed by atoms with Gasteiger partial charge in [0.25, 0.3) is 0 Å². The van der Waals surface area contributed by atoms with Crippen molar-refractivity contribution in [3.05, 3.63) is 53.6 Å². The van der Waals surface area contributed by atoms with Crippen LogP contribution in [0.15, 0.2) is 42.5 Å². The Labute approximate surface area is 193 Å². The van der Waals surface area contributed by atoms with E-state index in [1.807, 2.05) is 42.5 Å². The second-order valence-corrected chi connectivity index (χ2v) is 8.21. The van der Waals surface area contributed by atoms with Crippen LogP contribution in [-0.4, -0.2) is 75.3 Å². The highest BCUT2D eigenvalue weighted by molar-refractivity contribution is 6.35. The van der Waals surface area contributed by atoms with Gasteiger partial charge in [-0.1, -0.05) is 18.2 Å². The van der Waals surface area contributed by atoms with Gasteiger partial charge in [0.15, 0.2) is 11.5 Å². The molecule has 176 valence electrons. The molecule has 0 unspecified atom stereocenters. The van der Waals surface area contributed by atoms with Gasteiger partial charge >= 0.3 is 11.8 Å². The van der Waals surface area contributed by atoms with E-state index in [2.05, 4.69) is 27.5 Å². The van der Waals surface area contributed by atoms with Crippen molar-refractivity contribution in [2.75, 3.05) is 53.7 Å². The fourth-order valence-electron chi connectivity index (χ4n) is 3.99. The molecule has 2 aromatic carbocycles. The van der Waals surface area contributed by atoms with Crippen LogP contribution in [0, 0.1) is 0 Å². The highest BCUT2D eigenvalue weighted by Crippen LogP contribution is 2.35. The number of hydrogen-bond donors (Lipinski definition) is 2. The molecule has 0 saturated carbocycles. The van der Waals surface area contributed by atoms with Crippen LogP contribution in [0.5, 0.6) is 17.2 Å². The van der Waals surface area contributed by atoms with Gasteiger partial charge in [-0.15, -0.1) is 0 Å². The van der Waals surface area contributed by atoms with E-state index in [-0.39, 0.29) is 19.4 Å². The maximum Gasteiger partial charge on any atom is 0.309 e. The van der Waals surface area contributed by atoms with Crippen molar-refractivity contribution in [1.82, 2.24) is 20.4 Å². The number of ether oxygens (including phenoxy) is 3. The van der Waals surface area contributed by atoms with E-state index in [1.165, 1.54) is 0 Å². The number of carbonyl (C=O) groups is 2. The van der Waals surface area contributed by atoms with Gasteiger partial charge in [-0.25, -0.2) is 0 Å². The van der Waals surface area contributed by atoms with E-state index < -0.39 is 11.8 Å². The number of methoxy groups -OCH3 is 1. The van der Waals surface area contributed by atoms with Crippen LogP contribution >= 0.6 is 0 Å². The number of nitrogens with one attached hydrogen (secondary N) is 2. The Balaban J connectivity index is 1.37. The normalized spacial score (nSPS) is 16.8. The number of nitrogens with zero attached hydrogens (tertiary/aromatic N) is 2. The van der Waals surface area contributed by atoms with Crippen molar-refractivity contribution in [1.29, 1.82) is 0 Å². The van der Waals surface area contributed by atoms with Gasteiger partial charge in [0.2, 0.25) is 6.79 Å². The van der Waals surface area contributed by atoms with E-state index in [4.69, 9.17) is 14.2 Å². The van der Waals surface area contributed by atoms with Gasteiger partial charge in [-0.05, 0) is 42.4 Å². The zero-order valence-corrected chi connectivity index (χ0v) is 19.0. The highest BCUT2D eigenvalue weighted by atomic mass is 16.7. The summed E-state index contributed by atoms with van der Waals surface area (Å²) in [6.07, 6.45) is 0. The lowest BCUT2D eigenvalue weighted by Gasteiger charge is -2.38. The van der Waals surface area contributed by atoms with Crippen LogP contribution in [0.25, 0.3) is 0 Å². The molecule has 2 aromatic rings. The molecule has 9 heteroatoms. The molecule has 1 atom stereocenters. The lowest BCUT2D eigenvalue weighted by molar-refractivity contribution is -0.139. The third kappa shape index (κ3) is 5.74. The minimum Gasteiger partial charge on any atom is -0.497 e. The molecule has 4 rings (SSSR count). The number of likely N-dealkylation sites (N-methyl/N-ethyl adjacent to an activating group) is 1. The third-order valence-electron chi connectivity index (χ3n) is 6.03. The van der Waals surface area contributed by atoms with Gasteiger partial charge in [0.05, 0.1) is 13.2 Å². The van der Waals surface area contributed by atoms with Crippen molar-refractivity contribution in [3.63, 3.8) is 0 Å². The molecule has 2 aliphatic heterocycles. The summed E-state index contributed by atoms with van der Waals surface area (Å²) in [6.45, 7) is 4.42. The summed E-state index contributed by atoms with van der Waals surface area (Å²) in [5, 5.41) is 5.48. The first-order valence-corrected chi connectivity index (χ1v) is 11.0. The van der Waals surface area contributed by atoms with Crippen LogP contribution in [0.3, 0.4) is 0 Å². The van der Waals surface area contributed by atoms with Crippen molar-refractivity contribution in [2.24, 2.45) is 0 Å². The number of hydrogen-bond acceptors (Lipinski definition) is 7. The molecule has 2 N–H and O–H groups in total. The van der Waals surface area contributed by atoms with Crippen molar-refractivity contribution in [3.8, 4) is 17.2 Å². The standard InChI is InChI=1S/C24H30N4O5/c1-27-9-11-28(12-10-27)20(18-5-8-21-22(13-18)33-16-32-21)15-26-24(30)23(29)25-14-17-3-6-19(31-2)7-4-17/h3-8,13,20H,9-12,14-16H2,1-2H3,(H,25,29)(H,26,30)/t20-/m0/s1. The van der Waals surface area contributed by atoms with E-state index >= 15 is 0 Å². The molecular formula is C24H30N4O5. The van der Waals surface area contributed by atoms with Crippen molar-refractivity contribution < 1.29 is 23.8 Å². The SMILES string of the molecule is COc1ccc(CNC(=O)C(=O)NC[C@@H](c2ccc3c(c2)OCO3)N2CCN(C)CC2)cc1. The molecule has 0 spiro atoms. The molecule has 1 fully saturated rings. The first kappa shape index (κ1) is 22.9. The van der Waals surface area contributed by atoms with Crippen molar-refractivity contribution >= 4 is 11.8 Å². The second kappa shape index (κ2) is 10.5. The number of benzene rings is 2. The molecule has 2 amide bonds. The van der Waals surface area contributed by atoms with E-state index in [0.29, 0.717) is 12.3 Å². The molecule has 33 heavy (non-hydrogen) atoms. The quantitative estimate of drug-likeness (QED) is 0.607. The third-order valence-corrected chi connectivity index (χ3v) is 6.03. The van der Waals surface area contributed by atoms with Gasteiger partial charge < -0.3 is 29.7 Å². The molecule has 9 nitrogen and oxygen atoms in total. The summed E-state index contributed by atoms with van der Waals surface area (Å²) >= 11 is 0. The maximum absolute atomic E-state index is 12.5. The van der Waals surface area contributed by atoms with Crippen molar-refractivity contribution in [2.45, 2.75) is 12.6 Å². The Morgan fingerprint density at radius 1 is 0.970 bits per heavy atom. The molecule has 0 radical (unpaired) electrons. The summed E-state index contributed by atoms with van der Waals surface area (Å²) in [4.78, 5) is 29.5. The van der Waals surface area contributed by atoms with Crippen LogP contribution in [0.2, 0.25) is 0 Å². The molecule has 0 aliphatic carbocycles. The fraction of sp³-hybridized carbons (Fsp3) is 0.417. The van der Waals surface area contributed by atoms with E-state index in [1.54, 1.807) is 7.11 Å². The Bertz CT molecular complexity index is 973. The number of rotatable bonds is 7. The number of fused-ring (bicyclic) bond motifs is 1. The van der Waals surface area contributed by atoms with Crippen LogP contribution in [0.4, 0.5) is 0 Å². The molecule has 2 heterocycles.